The van der Waals surface area contributed by atoms with Crippen molar-refractivity contribution in [3.63, 3.8) is 0 Å². The van der Waals surface area contributed by atoms with Gasteiger partial charge in [0, 0.05) is 5.56 Å². The summed E-state index contributed by atoms with van der Waals surface area (Å²) >= 11 is 5.96. The largest absolute Gasteiger partial charge is 0.155 e. The highest BCUT2D eigenvalue weighted by Gasteiger charge is 2.10. The van der Waals surface area contributed by atoms with E-state index in [1.54, 1.807) is 0 Å². The number of hydrogen-bond acceptors (Lipinski definition) is 2. The predicted octanol–water partition coefficient (Wildman–Crippen LogP) is 3.41. The first kappa shape index (κ1) is 10.1. The highest BCUT2D eigenvalue weighted by Crippen LogP contribution is 2.28. The number of halogens is 1. The molecule has 0 N–H and O–H groups in total. The second-order valence-electron chi connectivity index (χ2n) is 3.44. The molecule has 15 heavy (non-hydrogen) atoms. The topological polar surface area (TPSA) is 25.8 Å². The highest BCUT2D eigenvalue weighted by molar-refractivity contribution is 6.30. The molecule has 0 saturated heterocycles. The number of aromatic nitrogens is 2. The molecule has 76 valence electrons. The molecule has 0 radical (unpaired) electrons. The van der Waals surface area contributed by atoms with Gasteiger partial charge in [-0.3, -0.25) is 0 Å². The summed E-state index contributed by atoms with van der Waals surface area (Å²) in [4.78, 5) is 0. The maximum Gasteiger partial charge on any atom is 0.155 e. The Morgan fingerprint density at radius 1 is 1.00 bits per heavy atom. The van der Waals surface area contributed by atoms with E-state index in [1.807, 2.05) is 44.2 Å². The van der Waals surface area contributed by atoms with E-state index in [-0.39, 0.29) is 0 Å². The van der Waals surface area contributed by atoms with Gasteiger partial charge in [-0.25, -0.2) is 0 Å². The Labute approximate surface area is 93.9 Å². The fourth-order valence-corrected chi connectivity index (χ4v) is 1.78. The molecule has 0 aliphatic rings. The lowest BCUT2D eigenvalue weighted by Crippen LogP contribution is -1.96. The first-order chi connectivity index (χ1) is 7.20. The molecule has 0 bridgehead atoms. The Bertz CT molecular complexity index is 480. The standard InChI is InChI=1S/C12H11ClN2/c1-8-11(9(2)14-15-12(8)13)10-6-4-3-5-7-10/h3-7H,1-2H3. The van der Waals surface area contributed by atoms with E-state index in [0.29, 0.717) is 5.15 Å². The maximum absolute atomic E-state index is 5.96. The Hall–Kier alpha value is -1.41. The van der Waals surface area contributed by atoms with Crippen molar-refractivity contribution in [2.24, 2.45) is 0 Å². The van der Waals surface area contributed by atoms with Crippen LogP contribution >= 0.6 is 11.6 Å². The van der Waals surface area contributed by atoms with E-state index >= 15 is 0 Å². The summed E-state index contributed by atoms with van der Waals surface area (Å²) < 4.78 is 0. The van der Waals surface area contributed by atoms with Crippen LogP contribution in [0.1, 0.15) is 11.3 Å². The minimum absolute atomic E-state index is 0.472. The van der Waals surface area contributed by atoms with E-state index < -0.39 is 0 Å². The molecule has 0 fully saturated rings. The average molecular weight is 219 g/mol. The third-order valence-corrected chi connectivity index (χ3v) is 2.76. The summed E-state index contributed by atoms with van der Waals surface area (Å²) in [6, 6.07) is 10.1. The molecule has 0 atom stereocenters. The van der Waals surface area contributed by atoms with Crippen molar-refractivity contribution < 1.29 is 0 Å². The summed E-state index contributed by atoms with van der Waals surface area (Å²) in [6.07, 6.45) is 0. The Balaban J connectivity index is 2.68. The van der Waals surface area contributed by atoms with Crippen molar-refractivity contribution in [3.05, 3.63) is 46.7 Å². The Morgan fingerprint density at radius 3 is 2.33 bits per heavy atom. The van der Waals surface area contributed by atoms with Crippen LogP contribution in [-0.4, -0.2) is 10.2 Å². The van der Waals surface area contributed by atoms with Crippen LogP contribution in [0.2, 0.25) is 5.15 Å². The summed E-state index contributed by atoms with van der Waals surface area (Å²) in [5.74, 6) is 0. The average Bonchev–Trinajstić information content (AvgIpc) is 2.26. The molecule has 1 aromatic carbocycles. The zero-order valence-corrected chi connectivity index (χ0v) is 9.42. The van der Waals surface area contributed by atoms with Crippen LogP contribution in [0.5, 0.6) is 0 Å². The molecule has 0 amide bonds. The van der Waals surface area contributed by atoms with Crippen LogP contribution in [0.3, 0.4) is 0 Å². The van der Waals surface area contributed by atoms with Gasteiger partial charge in [0.15, 0.2) is 5.15 Å². The van der Waals surface area contributed by atoms with E-state index in [2.05, 4.69) is 10.2 Å². The van der Waals surface area contributed by atoms with Gasteiger partial charge >= 0.3 is 0 Å². The molecule has 1 aromatic heterocycles. The molecule has 0 saturated carbocycles. The lowest BCUT2D eigenvalue weighted by atomic mass is 10.0. The van der Waals surface area contributed by atoms with Crippen LogP contribution in [0.4, 0.5) is 0 Å². The third-order valence-electron chi connectivity index (χ3n) is 2.40. The van der Waals surface area contributed by atoms with Crippen molar-refractivity contribution in [1.29, 1.82) is 0 Å². The number of hydrogen-bond donors (Lipinski definition) is 0. The monoisotopic (exact) mass is 218 g/mol. The van der Waals surface area contributed by atoms with Crippen molar-refractivity contribution in [2.45, 2.75) is 13.8 Å². The van der Waals surface area contributed by atoms with Gasteiger partial charge in [-0.1, -0.05) is 41.9 Å². The van der Waals surface area contributed by atoms with Gasteiger partial charge in [-0.2, -0.15) is 5.10 Å². The molecular weight excluding hydrogens is 208 g/mol. The molecule has 2 rings (SSSR count). The number of rotatable bonds is 1. The van der Waals surface area contributed by atoms with Gasteiger partial charge in [0.05, 0.1) is 5.69 Å². The summed E-state index contributed by atoms with van der Waals surface area (Å²) in [7, 11) is 0. The highest BCUT2D eigenvalue weighted by atomic mass is 35.5. The second kappa shape index (κ2) is 3.99. The minimum Gasteiger partial charge on any atom is -0.154 e. The molecule has 0 spiro atoms. The maximum atomic E-state index is 5.96. The lowest BCUT2D eigenvalue weighted by Gasteiger charge is -2.08. The van der Waals surface area contributed by atoms with Crippen LogP contribution in [-0.2, 0) is 0 Å². The quantitative estimate of drug-likeness (QED) is 0.733. The van der Waals surface area contributed by atoms with Crippen molar-refractivity contribution in [2.75, 3.05) is 0 Å². The smallest absolute Gasteiger partial charge is 0.154 e. The van der Waals surface area contributed by atoms with Crippen LogP contribution < -0.4 is 0 Å². The van der Waals surface area contributed by atoms with E-state index in [4.69, 9.17) is 11.6 Å². The van der Waals surface area contributed by atoms with Crippen molar-refractivity contribution in [1.82, 2.24) is 10.2 Å². The Kier molecular flexibility index (Phi) is 2.69. The minimum atomic E-state index is 0.472. The number of nitrogens with zero attached hydrogens (tertiary/aromatic N) is 2. The SMILES string of the molecule is Cc1nnc(Cl)c(C)c1-c1ccccc1. The Morgan fingerprint density at radius 2 is 1.67 bits per heavy atom. The molecular formula is C12H11ClN2. The molecule has 2 aromatic rings. The molecule has 0 aliphatic carbocycles. The van der Waals surface area contributed by atoms with Crippen LogP contribution in [0.15, 0.2) is 30.3 Å². The predicted molar refractivity (Wildman–Crippen MR) is 62.0 cm³/mol. The summed E-state index contributed by atoms with van der Waals surface area (Å²) in [6.45, 7) is 3.91. The second-order valence-corrected chi connectivity index (χ2v) is 3.80. The van der Waals surface area contributed by atoms with Crippen molar-refractivity contribution >= 4 is 11.6 Å². The number of aryl methyl sites for hydroxylation is 1. The van der Waals surface area contributed by atoms with Gasteiger partial charge in [0.25, 0.3) is 0 Å². The van der Waals surface area contributed by atoms with E-state index in [1.165, 1.54) is 0 Å². The first-order valence-corrected chi connectivity index (χ1v) is 5.12. The van der Waals surface area contributed by atoms with Gasteiger partial charge in [0.2, 0.25) is 0 Å². The molecule has 3 heteroatoms. The zero-order chi connectivity index (χ0) is 10.8. The van der Waals surface area contributed by atoms with Gasteiger partial charge in [0.1, 0.15) is 0 Å². The van der Waals surface area contributed by atoms with Crippen molar-refractivity contribution in [3.8, 4) is 11.1 Å². The van der Waals surface area contributed by atoms with Crippen LogP contribution in [0.25, 0.3) is 11.1 Å². The van der Waals surface area contributed by atoms with Crippen LogP contribution in [0, 0.1) is 13.8 Å². The fourth-order valence-electron chi connectivity index (χ4n) is 1.65. The molecule has 2 nitrogen and oxygen atoms in total. The number of benzene rings is 1. The van der Waals surface area contributed by atoms with E-state index in [0.717, 1.165) is 22.4 Å². The summed E-state index contributed by atoms with van der Waals surface area (Å²) in [5.41, 5.74) is 4.10. The van der Waals surface area contributed by atoms with E-state index in [9.17, 15) is 0 Å². The molecule has 0 unspecified atom stereocenters. The lowest BCUT2D eigenvalue weighted by molar-refractivity contribution is 0.970. The first-order valence-electron chi connectivity index (χ1n) is 4.75. The molecule has 0 aliphatic heterocycles. The normalized spacial score (nSPS) is 10.3. The fraction of sp³-hybridized carbons (Fsp3) is 0.167. The van der Waals surface area contributed by atoms with Gasteiger partial charge in [-0.05, 0) is 25.0 Å². The van der Waals surface area contributed by atoms with Gasteiger partial charge in [-0.15, -0.1) is 5.10 Å². The third kappa shape index (κ3) is 1.85. The molecule has 1 heterocycles. The van der Waals surface area contributed by atoms with Gasteiger partial charge < -0.3 is 0 Å². The zero-order valence-electron chi connectivity index (χ0n) is 8.66. The summed E-state index contributed by atoms with van der Waals surface area (Å²) in [5, 5.41) is 8.39.